The lowest BCUT2D eigenvalue weighted by atomic mass is 9.86. The van der Waals surface area contributed by atoms with Crippen molar-refractivity contribution in [2.45, 2.75) is 63.7 Å². The molecule has 10 heteroatoms. The van der Waals surface area contributed by atoms with Gasteiger partial charge in [-0.3, -0.25) is 4.52 Å². The van der Waals surface area contributed by atoms with Crippen molar-refractivity contribution in [2.75, 3.05) is 0 Å². The number of phosphoric ester groups is 1. The van der Waals surface area contributed by atoms with Gasteiger partial charge in [0.05, 0.1) is 12.0 Å². The molecule has 0 saturated heterocycles. The zero-order valence-electron chi connectivity index (χ0n) is 11.1. The Morgan fingerprint density at radius 2 is 1.40 bits per heavy atom. The topological polar surface area (TPSA) is 66.8 Å². The smallest absolute Gasteiger partial charge is 0.303 e. The van der Waals surface area contributed by atoms with Gasteiger partial charge in [-0.15, -0.1) is 0 Å². The van der Waals surface area contributed by atoms with Crippen molar-refractivity contribution in [3.8, 4) is 0 Å². The van der Waals surface area contributed by atoms with Gasteiger partial charge in [0.15, 0.2) is 0 Å². The molecule has 0 aromatic rings. The van der Waals surface area contributed by atoms with Crippen LogP contribution in [0.4, 0.5) is 22.0 Å². The van der Waals surface area contributed by atoms with E-state index in [0.717, 1.165) is 0 Å². The maximum atomic E-state index is 13.2. The van der Waals surface area contributed by atoms with Gasteiger partial charge >= 0.3 is 19.9 Å². The molecule has 0 unspecified atom stereocenters. The van der Waals surface area contributed by atoms with Gasteiger partial charge in [-0.1, -0.05) is 26.7 Å². The summed E-state index contributed by atoms with van der Waals surface area (Å²) in [6, 6.07) is 0. The van der Waals surface area contributed by atoms with Crippen molar-refractivity contribution < 1.29 is 40.8 Å². The van der Waals surface area contributed by atoms with Crippen molar-refractivity contribution in [2.24, 2.45) is 0 Å². The summed E-state index contributed by atoms with van der Waals surface area (Å²) in [4.78, 5) is 17.5. The van der Waals surface area contributed by atoms with Crippen molar-refractivity contribution in [3.05, 3.63) is 0 Å². The van der Waals surface area contributed by atoms with Crippen molar-refractivity contribution in [1.82, 2.24) is 0 Å². The summed E-state index contributed by atoms with van der Waals surface area (Å²) in [6.07, 6.45) is -7.93. The third-order valence-corrected chi connectivity index (χ3v) is 3.31. The first-order valence-corrected chi connectivity index (χ1v) is 7.52. The standard InChI is InChI=1S/C10H18F5O4P/c1-3-5-8(6-4-2,19-20(16,17)18)7-9(11,12)10(13,14)15/h3-7H2,1-2H3,(H2,16,17,18). The molecule has 0 rings (SSSR count). The molecule has 0 spiro atoms. The highest BCUT2D eigenvalue weighted by molar-refractivity contribution is 7.46. The van der Waals surface area contributed by atoms with E-state index in [-0.39, 0.29) is 25.7 Å². The lowest BCUT2D eigenvalue weighted by Gasteiger charge is -2.36. The fourth-order valence-corrected chi connectivity index (χ4v) is 2.85. The molecule has 0 aromatic carbocycles. The highest BCUT2D eigenvalue weighted by atomic mass is 31.2. The van der Waals surface area contributed by atoms with E-state index in [1.165, 1.54) is 13.8 Å². The Labute approximate surface area is 113 Å². The van der Waals surface area contributed by atoms with Gasteiger partial charge in [-0.2, -0.15) is 22.0 Å². The van der Waals surface area contributed by atoms with E-state index in [0.29, 0.717) is 0 Å². The Bertz CT molecular complexity index is 346. The lowest BCUT2D eigenvalue weighted by Crippen LogP contribution is -2.46. The average molecular weight is 328 g/mol. The first-order valence-electron chi connectivity index (χ1n) is 5.99. The van der Waals surface area contributed by atoms with E-state index in [4.69, 9.17) is 9.79 Å². The van der Waals surface area contributed by atoms with Crippen molar-refractivity contribution in [3.63, 3.8) is 0 Å². The van der Waals surface area contributed by atoms with Gasteiger partial charge in [0.25, 0.3) is 0 Å². The summed E-state index contributed by atoms with van der Waals surface area (Å²) in [5.74, 6) is -5.08. The quantitative estimate of drug-likeness (QED) is 0.522. The van der Waals surface area contributed by atoms with Crippen molar-refractivity contribution >= 4 is 7.82 Å². The Morgan fingerprint density at radius 3 is 1.65 bits per heavy atom. The minimum Gasteiger partial charge on any atom is -0.303 e. The van der Waals surface area contributed by atoms with Crippen LogP contribution in [0.25, 0.3) is 0 Å². The number of halogens is 5. The predicted molar refractivity (Wildman–Crippen MR) is 61.3 cm³/mol. The van der Waals surface area contributed by atoms with E-state index < -0.39 is 31.9 Å². The lowest BCUT2D eigenvalue weighted by molar-refractivity contribution is -0.296. The molecule has 0 aromatic heterocycles. The van der Waals surface area contributed by atoms with Crippen LogP contribution in [0.15, 0.2) is 0 Å². The van der Waals surface area contributed by atoms with Crippen LogP contribution >= 0.6 is 7.82 Å². The second-order valence-electron chi connectivity index (χ2n) is 4.64. The van der Waals surface area contributed by atoms with Gasteiger partial charge in [-0.05, 0) is 12.8 Å². The van der Waals surface area contributed by atoms with Crippen LogP contribution in [0.3, 0.4) is 0 Å². The van der Waals surface area contributed by atoms with E-state index in [1.54, 1.807) is 0 Å². The first-order chi connectivity index (χ1) is 8.79. The molecule has 0 atom stereocenters. The molecule has 4 nitrogen and oxygen atoms in total. The van der Waals surface area contributed by atoms with Crippen LogP contribution in [-0.4, -0.2) is 27.5 Å². The maximum Gasteiger partial charge on any atom is 0.470 e. The Kier molecular flexibility index (Phi) is 6.60. The van der Waals surface area contributed by atoms with Crippen LogP contribution in [-0.2, 0) is 9.09 Å². The van der Waals surface area contributed by atoms with Crippen LogP contribution < -0.4 is 0 Å². The third-order valence-electron chi connectivity index (χ3n) is 2.68. The number of rotatable bonds is 8. The molecule has 0 fully saturated rings. The molecule has 122 valence electrons. The van der Waals surface area contributed by atoms with Gasteiger partial charge in [-0.25, -0.2) is 4.57 Å². The van der Waals surface area contributed by atoms with E-state index in [9.17, 15) is 26.5 Å². The average Bonchev–Trinajstić information content (AvgIpc) is 2.11. The molecule has 0 heterocycles. The zero-order chi connectivity index (χ0) is 16.2. The molecule has 0 bridgehead atoms. The fourth-order valence-electron chi connectivity index (χ4n) is 2.09. The van der Waals surface area contributed by atoms with E-state index in [1.807, 2.05) is 0 Å². The molecule has 0 radical (unpaired) electrons. The summed E-state index contributed by atoms with van der Waals surface area (Å²) >= 11 is 0. The summed E-state index contributed by atoms with van der Waals surface area (Å²) in [6.45, 7) is 3.00. The number of phosphoric acid groups is 1. The largest absolute Gasteiger partial charge is 0.470 e. The van der Waals surface area contributed by atoms with Gasteiger partial charge in [0.2, 0.25) is 0 Å². The predicted octanol–water partition coefficient (Wildman–Crippen LogP) is 4.02. The number of hydrogen-bond acceptors (Lipinski definition) is 2. The molecular formula is C10H18F5O4P. The second kappa shape index (κ2) is 6.68. The highest BCUT2D eigenvalue weighted by Crippen LogP contribution is 2.51. The fraction of sp³-hybridized carbons (Fsp3) is 1.00. The monoisotopic (exact) mass is 328 g/mol. The molecule has 0 amide bonds. The molecule has 20 heavy (non-hydrogen) atoms. The summed E-state index contributed by atoms with van der Waals surface area (Å²) in [5, 5.41) is 0. The van der Waals surface area contributed by atoms with E-state index in [2.05, 4.69) is 4.52 Å². The normalized spacial score (nSPS) is 14.7. The highest BCUT2D eigenvalue weighted by Gasteiger charge is 2.61. The number of hydrogen-bond donors (Lipinski definition) is 2. The van der Waals surface area contributed by atoms with Gasteiger partial charge < -0.3 is 9.79 Å². The summed E-state index contributed by atoms with van der Waals surface area (Å²) < 4.78 is 78.4. The molecule has 0 aliphatic rings. The molecular weight excluding hydrogens is 310 g/mol. The Hall–Kier alpha value is -0.240. The van der Waals surface area contributed by atoms with Gasteiger partial charge in [0.1, 0.15) is 0 Å². The Balaban J connectivity index is 5.45. The SMILES string of the molecule is CCCC(CCC)(CC(F)(F)C(F)(F)F)OP(=O)(O)O. The molecule has 0 aliphatic carbocycles. The van der Waals surface area contributed by atoms with Crippen molar-refractivity contribution in [1.29, 1.82) is 0 Å². The molecule has 0 aliphatic heterocycles. The van der Waals surface area contributed by atoms with E-state index >= 15 is 0 Å². The van der Waals surface area contributed by atoms with Crippen LogP contribution in [0, 0.1) is 0 Å². The molecule has 0 saturated carbocycles. The summed E-state index contributed by atoms with van der Waals surface area (Å²) in [5.41, 5.74) is -2.21. The first kappa shape index (κ1) is 19.8. The number of alkyl halides is 5. The second-order valence-corrected chi connectivity index (χ2v) is 5.81. The van der Waals surface area contributed by atoms with Crippen LogP contribution in [0.1, 0.15) is 46.0 Å². The van der Waals surface area contributed by atoms with Crippen LogP contribution in [0.5, 0.6) is 0 Å². The van der Waals surface area contributed by atoms with Crippen LogP contribution in [0.2, 0.25) is 0 Å². The van der Waals surface area contributed by atoms with Gasteiger partial charge in [0, 0.05) is 0 Å². The molecule has 2 N–H and O–H groups in total. The minimum absolute atomic E-state index is 0.147. The third kappa shape index (κ3) is 6.03. The Morgan fingerprint density at radius 1 is 1.00 bits per heavy atom. The zero-order valence-corrected chi connectivity index (χ0v) is 12.0. The minimum atomic E-state index is -5.79. The maximum absolute atomic E-state index is 13.2. The summed E-state index contributed by atoms with van der Waals surface area (Å²) in [7, 11) is -5.19.